The number of thioether (sulfide) groups is 2. The van der Waals surface area contributed by atoms with Crippen molar-refractivity contribution in [1.29, 1.82) is 0 Å². The lowest BCUT2D eigenvalue weighted by atomic mass is 9.90. The third-order valence-electron chi connectivity index (χ3n) is 5.99. The number of carbonyl (C=O) groups excluding carboxylic acids is 1. The summed E-state index contributed by atoms with van der Waals surface area (Å²) in [6.07, 6.45) is 2.83. The molecule has 4 aromatic rings. The van der Waals surface area contributed by atoms with Gasteiger partial charge in [0.25, 0.3) is 0 Å². The molecule has 4 heterocycles. The number of hydrogen-bond donors (Lipinski definition) is 1. The maximum absolute atomic E-state index is 12.5. The molecule has 1 unspecified atom stereocenters. The topological polar surface area (TPSA) is 81.4 Å². The molecule has 1 atom stereocenters. The molecule has 1 N–H and O–H groups in total. The maximum atomic E-state index is 12.5. The minimum Gasteiger partial charge on any atom is -0.369 e. The zero-order valence-corrected chi connectivity index (χ0v) is 21.9. The average Bonchev–Trinajstić information content (AvgIpc) is 3.42. The fourth-order valence-electron chi connectivity index (χ4n) is 3.98. The van der Waals surface area contributed by atoms with E-state index in [0.29, 0.717) is 11.8 Å². The normalized spacial score (nSPS) is 17.9. The summed E-state index contributed by atoms with van der Waals surface area (Å²) in [7, 11) is 0. The monoisotopic (exact) mass is 513 g/mol. The largest absolute Gasteiger partial charge is 0.369 e. The molecule has 0 fully saturated rings. The van der Waals surface area contributed by atoms with Gasteiger partial charge in [-0.2, -0.15) is 0 Å². The van der Waals surface area contributed by atoms with Crippen LogP contribution in [0.5, 0.6) is 0 Å². The number of anilines is 1. The van der Waals surface area contributed by atoms with Gasteiger partial charge in [0.2, 0.25) is 5.91 Å². The first kappa shape index (κ1) is 23.6. The van der Waals surface area contributed by atoms with Crippen LogP contribution in [0.1, 0.15) is 44.1 Å². The summed E-state index contributed by atoms with van der Waals surface area (Å²) in [5.41, 5.74) is 2.71. The van der Waals surface area contributed by atoms with Gasteiger partial charge in [-0.3, -0.25) is 4.79 Å². The van der Waals surface area contributed by atoms with Gasteiger partial charge in [0, 0.05) is 22.7 Å². The first-order valence-corrected chi connectivity index (χ1v) is 14.2. The number of rotatable bonds is 8. The summed E-state index contributed by atoms with van der Waals surface area (Å²) < 4.78 is 8.22. The summed E-state index contributed by atoms with van der Waals surface area (Å²) >= 11 is 4.79. The second-order valence-corrected chi connectivity index (χ2v) is 11.6. The zero-order valence-electron chi connectivity index (χ0n) is 19.5. The van der Waals surface area contributed by atoms with E-state index in [1.165, 1.54) is 22.2 Å². The highest BCUT2D eigenvalue weighted by atomic mass is 32.2. The molecular formula is C24H27N5O2S3. The van der Waals surface area contributed by atoms with Crippen molar-refractivity contribution in [2.75, 3.05) is 16.8 Å². The molecule has 7 nitrogen and oxygen atoms in total. The first-order valence-electron chi connectivity index (χ1n) is 11.4. The number of fused-ring (bicyclic) bond motifs is 5. The van der Waals surface area contributed by atoms with Crippen molar-refractivity contribution >= 4 is 62.3 Å². The Hall–Kier alpha value is -2.14. The van der Waals surface area contributed by atoms with E-state index in [-0.39, 0.29) is 17.3 Å². The Morgan fingerprint density at radius 3 is 2.79 bits per heavy atom. The number of para-hydroxylation sites is 1. The van der Waals surface area contributed by atoms with E-state index in [1.807, 2.05) is 34.7 Å². The molecule has 178 valence electrons. The van der Waals surface area contributed by atoms with Crippen LogP contribution in [0.15, 0.2) is 40.6 Å². The van der Waals surface area contributed by atoms with Crippen LogP contribution in [0.4, 0.5) is 5.69 Å². The third-order valence-corrected chi connectivity index (χ3v) is 9.17. The van der Waals surface area contributed by atoms with Crippen molar-refractivity contribution in [2.45, 2.75) is 62.6 Å². The lowest BCUT2D eigenvalue weighted by Gasteiger charge is -2.33. The average molecular weight is 514 g/mol. The Labute approximate surface area is 211 Å². The summed E-state index contributed by atoms with van der Waals surface area (Å²) in [6.45, 7) is 7.11. The van der Waals surface area contributed by atoms with Gasteiger partial charge in [-0.25, -0.2) is 9.38 Å². The molecule has 10 heteroatoms. The van der Waals surface area contributed by atoms with Gasteiger partial charge in [-0.05, 0) is 37.5 Å². The minimum atomic E-state index is -0.180. The van der Waals surface area contributed by atoms with Gasteiger partial charge in [0.15, 0.2) is 16.0 Å². The second kappa shape index (κ2) is 9.85. The highest BCUT2D eigenvalue weighted by Gasteiger charge is 2.33. The van der Waals surface area contributed by atoms with Crippen LogP contribution in [-0.2, 0) is 22.6 Å². The van der Waals surface area contributed by atoms with E-state index in [0.717, 1.165) is 51.7 Å². The number of amides is 1. The standard InChI is InChI=1S/C24H27N5O2S3/c1-4-11-32-22-26-21-19(16-12-24(3,5-2)31-13-17(16)34-21)20-27-28-23(29(20)22)33-14-18(30)25-15-9-7-6-8-10-15/h6-10H,4-5,11-14H2,1-3H3,(H,25,30). The Bertz CT molecular complexity index is 1340. The van der Waals surface area contributed by atoms with Crippen LogP contribution in [0.2, 0.25) is 0 Å². The van der Waals surface area contributed by atoms with Crippen molar-refractivity contribution < 1.29 is 9.53 Å². The zero-order chi connectivity index (χ0) is 23.7. The molecule has 34 heavy (non-hydrogen) atoms. The van der Waals surface area contributed by atoms with E-state index >= 15 is 0 Å². The van der Waals surface area contributed by atoms with Gasteiger partial charge in [0.05, 0.1) is 23.3 Å². The molecule has 3 aromatic heterocycles. The van der Waals surface area contributed by atoms with Crippen molar-refractivity contribution in [1.82, 2.24) is 19.6 Å². The summed E-state index contributed by atoms with van der Waals surface area (Å²) in [6, 6.07) is 9.48. The first-order chi connectivity index (χ1) is 16.5. The highest BCUT2D eigenvalue weighted by molar-refractivity contribution is 8.00. The number of aromatic nitrogens is 4. The number of thiophene rings is 1. The molecule has 0 aliphatic carbocycles. The number of nitrogens with one attached hydrogen (secondary N) is 1. The predicted molar refractivity (Wildman–Crippen MR) is 140 cm³/mol. The molecule has 1 aliphatic heterocycles. The molecule has 0 saturated carbocycles. The number of nitrogens with zero attached hydrogens (tertiary/aromatic N) is 4. The maximum Gasteiger partial charge on any atom is 0.234 e. The van der Waals surface area contributed by atoms with E-state index in [1.54, 1.807) is 23.1 Å². The Balaban J connectivity index is 1.51. The quantitative estimate of drug-likeness (QED) is 0.235. The molecule has 1 aromatic carbocycles. The predicted octanol–water partition coefficient (Wildman–Crippen LogP) is 5.81. The molecule has 0 bridgehead atoms. The third kappa shape index (κ3) is 4.56. The van der Waals surface area contributed by atoms with E-state index in [9.17, 15) is 4.79 Å². The van der Waals surface area contributed by atoms with Gasteiger partial charge in [-0.1, -0.05) is 55.6 Å². The molecule has 0 spiro atoms. The van der Waals surface area contributed by atoms with Crippen molar-refractivity contribution in [2.24, 2.45) is 0 Å². The van der Waals surface area contributed by atoms with Gasteiger partial charge in [-0.15, -0.1) is 21.5 Å². The van der Waals surface area contributed by atoms with E-state index in [2.05, 4.69) is 36.3 Å². The van der Waals surface area contributed by atoms with Crippen molar-refractivity contribution in [3.8, 4) is 0 Å². The number of benzene rings is 1. The lowest BCUT2D eigenvalue weighted by molar-refractivity contribution is -0.113. The summed E-state index contributed by atoms with van der Waals surface area (Å²) in [5, 5.41) is 14.7. The van der Waals surface area contributed by atoms with Gasteiger partial charge in [0.1, 0.15) is 4.83 Å². The van der Waals surface area contributed by atoms with Gasteiger partial charge >= 0.3 is 0 Å². The Morgan fingerprint density at radius 1 is 1.21 bits per heavy atom. The van der Waals surface area contributed by atoms with Crippen LogP contribution in [0.3, 0.4) is 0 Å². The van der Waals surface area contributed by atoms with Crippen LogP contribution < -0.4 is 5.32 Å². The molecule has 5 rings (SSSR count). The van der Waals surface area contributed by atoms with E-state index < -0.39 is 0 Å². The number of ether oxygens (including phenoxy) is 1. The smallest absolute Gasteiger partial charge is 0.234 e. The lowest BCUT2D eigenvalue weighted by Crippen LogP contribution is -2.33. The van der Waals surface area contributed by atoms with Crippen molar-refractivity contribution in [3.63, 3.8) is 0 Å². The number of hydrogen-bond acceptors (Lipinski definition) is 8. The molecular weight excluding hydrogens is 486 g/mol. The van der Waals surface area contributed by atoms with Gasteiger partial charge < -0.3 is 10.1 Å². The fourth-order valence-corrected chi connectivity index (χ4v) is 6.77. The highest BCUT2D eigenvalue weighted by Crippen LogP contribution is 2.42. The van der Waals surface area contributed by atoms with Crippen LogP contribution in [-0.4, -0.2) is 42.6 Å². The molecule has 0 radical (unpaired) electrons. The SMILES string of the molecule is CCCSc1nc2sc3c(c2c2nnc(SCC(=O)Nc4ccccc4)n12)CC(C)(CC)OC3. The second-order valence-electron chi connectivity index (χ2n) is 8.54. The van der Waals surface area contributed by atoms with Crippen LogP contribution in [0, 0.1) is 0 Å². The Morgan fingerprint density at radius 2 is 2.03 bits per heavy atom. The molecule has 0 saturated heterocycles. The van der Waals surface area contributed by atoms with E-state index in [4.69, 9.17) is 9.72 Å². The number of carbonyl (C=O) groups is 1. The molecule has 1 amide bonds. The minimum absolute atomic E-state index is 0.0754. The fraction of sp³-hybridized carbons (Fsp3) is 0.417. The summed E-state index contributed by atoms with van der Waals surface area (Å²) in [4.78, 5) is 19.8. The Kier molecular flexibility index (Phi) is 6.83. The van der Waals surface area contributed by atoms with Crippen molar-refractivity contribution in [3.05, 3.63) is 40.8 Å². The molecule has 1 aliphatic rings. The van der Waals surface area contributed by atoms with Crippen LogP contribution in [0.25, 0.3) is 15.9 Å². The summed E-state index contributed by atoms with van der Waals surface area (Å²) in [5.74, 6) is 1.12. The van der Waals surface area contributed by atoms with Crippen LogP contribution >= 0.6 is 34.9 Å².